The molecular formula is C12H15F2NO. The number of ketones is 1. The van der Waals surface area contributed by atoms with Gasteiger partial charge in [-0.3, -0.25) is 4.79 Å². The second kappa shape index (κ2) is 5.70. The molecule has 0 amide bonds. The van der Waals surface area contributed by atoms with Gasteiger partial charge in [0.25, 0.3) is 0 Å². The molecule has 0 aliphatic carbocycles. The number of carbonyl (C=O) groups excluding carboxylic acids is 1. The molecule has 2 nitrogen and oxygen atoms in total. The van der Waals surface area contributed by atoms with Gasteiger partial charge >= 0.3 is 0 Å². The Balaban J connectivity index is 2.76. The summed E-state index contributed by atoms with van der Waals surface area (Å²) in [5.74, 6) is -1.63. The van der Waals surface area contributed by atoms with E-state index in [0.29, 0.717) is 12.0 Å². The van der Waals surface area contributed by atoms with E-state index < -0.39 is 11.6 Å². The zero-order valence-electron chi connectivity index (χ0n) is 9.17. The van der Waals surface area contributed by atoms with E-state index in [-0.39, 0.29) is 24.7 Å². The first kappa shape index (κ1) is 12.8. The molecule has 0 aliphatic rings. The van der Waals surface area contributed by atoms with E-state index in [1.165, 1.54) is 12.1 Å². The fourth-order valence-electron chi connectivity index (χ4n) is 1.58. The summed E-state index contributed by atoms with van der Waals surface area (Å²) < 4.78 is 25.7. The number of benzene rings is 1. The highest BCUT2D eigenvalue weighted by Crippen LogP contribution is 2.12. The minimum Gasteiger partial charge on any atom is -0.330 e. The van der Waals surface area contributed by atoms with Crippen LogP contribution in [0.4, 0.5) is 8.78 Å². The van der Waals surface area contributed by atoms with Crippen molar-refractivity contribution in [3.05, 3.63) is 35.4 Å². The molecule has 0 saturated carbocycles. The summed E-state index contributed by atoms with van der Waals surface area (Å²) in [6, 6.07) is 3.13. The van der Waals surface area contributed by atoms with Gasteiger partial charge in [0.1, 0.15) is 17.4 Å². The highest BCUT2D eigenvalue weighted by molar-refractivity contribution is 5.83. The van der Waals surface area contributed by atoms with Gasteiger partial charge in [-0.15, -0.1) is 0 Å². The Bertz CT molecular complexity index is 355. The van der Waals surface area contributed by atoms with Gasteiger partial charge in [-0.1, -0.05) is 6.92 Å². The number of rotatable bonds is 5. The Morgan fingerprint density at radius 2 is 1.88 bits per heavy atom. The molecule has 4 heteroatoms. The molecule has 1 rings (SSSR count). The second-order valence-electron chi connectivity index (χ2n) is 3.76. The zero-order valence-corrected chi connectivity index (χ0v) is 9.17. The van der Waals surface area contributed by atoms with Crippen LogP contribution in [0.1, 0.15) is 18.9 Å². The second-order valence-corrected chi connectivity index (χ2v) is 3.76. The van der Waals surface area contributed by atoms with Crippen molar-refractivity contribution in [2.75, 3.05) is 6.54 Å². The molecule has 1 unspecified atom stereocenters. The summed E-state index contributed by atoms with van der Waals surface area (Å²) in [6.45, 7) is 2.13. The number of nitrogens with two attached hydrogens (primary N) is 1. The lowest BCUT2D eigenvalue weighted by molar-refractivity contribution is -0.122. The fraction of sp³-hybridized carbons (Fsp3) is 0.417. The van der Waals surface area contributed by atoms with E-state index in [2.05, 4.69) is 0 Å². The normalized spacial score (nSPS) is 12.5. The van der Waals surface area contributed by atoms with Crippen LogP contribution in [0.15, 0.2) is 18.2 Å². The van der Waals surface area contributed by atoms with E-state index in [1.54, 1.807) is 0 Å². The maximum Gasteiger partial charge on any atom is 0.141 e. The molecule has 0 bridgehead atoms. The molecule has 0 heterocycles. The van der Waals surface area contributed by atoms with Gasteiger partial charge in [-0.25, -0.2) is 8.78 Å². The van der Waals surface area contributed by atoms with Crippen molar-refractivity contribution in [1.82, 2.24) is 0 Å². The monoisotopic (exact) mass is 227 g/mol. The standard InChI is InChI=1S/C12H15F2NO/c1-2-9(7-15)12(16)5-8-3-10(13)6-11(14)4-8/h3-4,6,9H,2,5,7,15H2,1H3. The Morgan fingerprint density at radius 1 is 1.31 bits per heavy atom. The highest BCUT2D eigenvalue weighted by atomic mass is 19.1. The summed E-state index contributed by atoms with van der Waals surface area (Å²) in [4.78, 5) is 11.7. The fourth-order valence-corrected chi connectivity index (χ4v) is 1.58. The summed E-state index contributed by atoms with van der Waals surface area (Å²) >= 11 is 0. The van der Waals surface area contributed by atoms with Crippen LogP contribution in [0.3, 0.4) is 0 Å². The van der Waals surface area contributed by atoms with Gasteiger partial charge in [-0.05, 0) is 24.1 Å². The van der Waals surface area contributed by atoms with Crippen LogP contribution < -0.4 is 5.73 Å². The van der Waals surface area contributed by atoms with Gasteiger partial charge in [0.15, 0.2) is 0 Å². The number of carbonyl (C=O) groups is 1. The molecule has 1 atom stereocenters. The van der Waals surface area contributed by atoms with Crippen LogP contribution in [0, 0.1) is 17.6 Å². The van der Waals surface area contributed by atoms with Crippen molar-refractivity contribution in [1.29, 1.82) is 0 Å². The summed E-state index contributed by atoms with van der Waals surface area (Å²) in [6.07, 6.45) is 0.678. The van der Waals surface area contributed by atoms with Gasteiger partial charge in [0.05, 0.1) is 0 Å². The molecule has 0 aliphatic heterocycles. The average molecular weight is 227 g/mol. The predicted octanol–water partition coefficient (Wildman–Crippen LogP) is 2.06. The van der Waals surface area contributed by atoms with Crippen LogP contribution in [0.25, 0.3) is 0 Å². The lowest BCUT2D eigenvalue weighted by Crippen LogP contribution is -2.24. The lowest BCUT2D eigenvalue weighted by atomic mass is 9.96. The quantitative estimate of drug-likeness (QED) is 0.836. The summed E-state index contributed by atoms with van der Waals surface area (Å²) in [7, 11) is 0. The van der Waals surface area contributed by atoms with E-state index in [9.17, 15) is 13.6 Å². The first-order valence-corrected chi connectivity index (χ1v) is 5.24. The van der Waals surface area contributed by atoms with Crippen molar-refractivity contribution in [3.8, 4) is 0 Å². The van der Waals surface area contributed by atoms with E-state index in [0.717, 1.165) is 6.07 Å². The van der Waals surface area contributed by atoms with E-state index in [1.807, 2.05) is 6.92 Å². The Kier molecular flexibility index (Phi) is 4.55. The average Bonchev–Trinajstić information content (AvgIpc) is 2.17. The van der Waals surface area contributed by atoms with E-state index >= 15 is 0 Å². The smallest absolute Gasteiger partial charge is 0.141 e. The molecule has 16 heavy (non-hydrogen) atoms. The molecule has 0 radical (unpaired) electrons. The molecule has 1 aromatic carbocycles. The van der Waals surface area contributed by atoms with Crippen molar-refractivity contribution < 1.29 is 13.6 Å². The van der Waals surface area contributed by atoms with Gasteiger partial charge in [0, 0.05) is 24.9 Å². The van der Waals surface area contributed by atoms with Crippen LogP contribution in [0.5, 0.6) is 0 Å². The van der Waals surface area contributed by atoms with Crippen molar-refractivity contribution in [3.63, 3.8) is 0 Å². The van der Waals surface area contributed by atoms with Crippen LogP contribution in [0.2, 0.25) is 0 Å². The number of hydrogen-bond acceptors (Lipinski definition) is 2. The first-order chi connectivity index (χ1) is 7.56. The largest absolute Gasteiger partial charge is 0.330 e. The minimum atomic E-state index is -0.663. The van der Waals surface area contributed by atoms with Crippen LogP contribution in [-0.2, 0) is 11.2 Å². The van der Waals surface area contributed by atoms with Crippen molar-refractivity contribution in [2.45, 2.75) is 19.8 Å². The molecule has 0 fully saturated rings. The first-order valence-electron chi connectivity index (χ1n) is 5.24. The highest BCUT2D eigenvalue weighted by Gasteiger charge is 2.15. The Labute approximate surface area is 93.5 Å². The molecule has 0 saturated heterocycles. The third-order valence-corrected chi connectivity index (χ3v) is 2.53. The number of hydrogen-bond donors (Lipinski definition) is 1. The maximum atomic E-state index is 12.9. The van der Waals surface area contributed by atoms with Gasteiger partial charge in [-0.2, -0.15) is 0 Å². The topological polar surface area (TPSA) is 43.1 Å². The molecule has 2 N–H and O–H groups in total. The summed E-state index contributed by atoms with van der Waals surface area (Å²) in [5, 5.41) is 0. The third-order valence-electron chi connectivity index (χ3n) is 2.53. The summed E-state index contributed by atoms with van der Waals surface area (Å²) in [5.41, 5.74) is 5.78. The zero-order chi connectivity index (χ0) is 12.1. The van der Waals surface area contributed by atoms with Gasteiger partial charge < -0.3 is 5.73 Å². The SMILES string of the molecule is CCC(CN)C(=O)Cc1cc(F)cc(F)c1. The van der Waals surface area contributed by atoms with Crippen molar-refractivity contribution >= 4 is 5.78 Å². The lowest BCUT2D eigenvalue weighted by Gasteiger charge is -2.10. The third kappa shape index (κ3) is 3.38. The number of halogens is 2. The maximum absolute atomic E-state index is 12.9. The van der Waals surface area contributed by atoms with Gasteiger partial charge in [0.2, 0.25) is 0 Å². The Morgan fingerprint density at radius 3 is 2.31 bits per heavy atom. The molecule has 88 valence electrons. The van der Waals surface area contributed by atoms with Crippen LogP contribution in [-0.4, -0.2) is 12.3 Å². The molecular weight excluding hydrogens is 212 g/mol. The predicted molar refractivity (Wildman–Crippen MR) is 57.9 cm³/mol. The molecule has 1 aromatic rings. The van der Waals surface area contributed by atoms with Crippen LogP contribution >= 0.6 is 0 Å². The minimum absolute atomic E-state index is 0.0321. The Hall–Kier alpha value is -1.29. The molecule has 0 spiro atoms. The van der Waals surface area contributed by atoms with E-state index in [4.69, 9.17) is 5.73 Å². The van der Waals surface area contributed by atoms with Crippen molar-refractivity contribution in [2.24, 2.45) is 11.7 Å². The number of Topliss-reactive ketones (excluding diaryl/α,β-unsaturated/α-hetero) is 1. The molecule has 0 aromatic heterocycles.